The Morgan fingerprint density at radius 3 is 2.40 bits per heavy atom. The number of carbonyl (C=O) groups is 1. The molecule has 0 aliphatic rings. The van der Waals surface area contributed by atoms with Crippen LogP contribution in [0.3, 0.4) is 0 Å². The molecular formula is C11H20O3Si. The number of aliphatic hydroxyl groups is 1. The first kappa shape index (κ1) is 14.2. The van der Waals surface area contributed by atoms with E-state index in [9.17, 15) is 9.90 Å². The van der Waals surface area contributed by atoms with Gasteiger partial charge in [0.05, 0.1) is 12.5 Å². The van der Waals surface area contributed by atoms with Crippen LogP contribution >= 0.6 is 0 Å². The molecule has 3 nitrogen and oxygen atoms in total. The highest BCUT2D eigenvalue weighted by Gasteiger charge is 2.21. The summed E-state index contributed by atoms with van der Waals surface area (Å²) in [6.07, 6.45) is -0.921. The second-order valence-corrected chi connectivity index (χ2v) is 9.25. The highest BCUT2D eigenvalue weighted by Crippen LogP contribution is 2.06. The maximum atomic E-state index is 11.3. The minimum absolute atomic E-state index is 0.331. The summed E-state index contributed by atoms with van der Waals surface area (Å²) in [4.78, 5) is 11.3. The Labute approximate surface area is 92.8 Å². The van der Waals surface area contributed by atoms with E-state index < -0.39 is 26.1 Å². The van der Waals surface area contributed by atoms with Crippen LogP contribution in [0.5, 0.6) is 0 Å². The van der Waals surface area contributed by atoms with E-state index in [-0.39, 0.29) is 0 Å². The van der Waals surface area contributed by atoms with Gasteiger partial charge in [0.1, 0.15) is 14.2 Å². The van der Waals surface area contributed by atoms with Crippen LogP contribution in [-0.2, 0) is 9.53 Å². The molecule has 0 rings (SSSR count). The van der Waals surface area contributed by atoms with E-state index in [0.717, 1.165) is 0 Å². The zero-order chi connectivity index (χ0) is 12.1. The Morgan fingerprint density at radius 1 is 1.47 bits per heavy atom. The number of hydrogen-bond acceptors (Lipinski definition) is 3. The average Bonchev–Trinajstić information content (AvgIpc) is 2.12. The van der Waals surface area contributed by atoms with Crippen molar-refractivity contribution in [3.8, 4) is 11.5 Å². The topological polar surface area (TPSA) is 46.5 Å². The monoisotopic (exact) mass is 228 g/mol. The second-order valence-electron chi connectivity index (χ2n) is 4.50. The predicted molar refractivity (Wildman–Crippen MR) is 62.9 cm³/mol. The van der Waals surface area contributed by atoms with Crippen molar-refractivity contribution >= 4 is 14.0 Å². The molecule has 0 spiro atoms. The van der Waals surface area contributed by atoms with Gasteiger partial charge in [-0.05, 0) is 13.8 Å². The fourth-order valence-corrected chi connectivity index (χ4v) is 1.40. The summed E-state index contributed by atoms with van der Waals surface area (Å²) in [7, 11) is -1.49. The fraction of sp³-hybridized carbons (Fsp3) is 0.727. The van der Waals surface area contributed by atoms with Crippen molar-refractivity contribution in [1.82, 2.24) is 0 Å². The number of esters is 1. The van der Waals surface area contributed by atoms with Gasteiger partial charge in [-0.2, -0.15) is 0 Å². The summed E-state index contributed by atoms with van der Waals surface area (Å²) in [5, 5.41) is 9.63. The van der Waals surface area contributed by atoms with Crippen molar-refractivity contribution in [2.45, 2.75) is 39.6 Å². The summed E-state index contributed by atoms with van der Waals surface area (Å²) >= 11 is 0. The minimum Gasteiger partial charge on any atom is -0.466 e. The molecule has 0 amide bonds. The quantitative estimate of drug-likeness (QED) is 0.451. The molecule has 0 saturated heterocycles. The Morgan fingerprint density at radius 2 is 2.00 bits per heavy atom. The van der Waals surface area contributed by atoms with Gasteiger partial charge in [0.15, 0.2) is 0 Å². The summed E-state index contributed by atoms with van der Waals surface area (Å²) in [5.41, 5.74) is 3.03. The molecule has 0 aliphatic carbocycles. The largest absolute Gasteiger partial charge is 0.466 e. The van der Waals surface area contributed by atoms with Gasteiger partial charge in [-0.1, -0.05) is 25.6 Å². The highest BCUT2D eigenvalue weighted by molar-refractivity contribution is 6.83. The first-order valence-electron chi connectivity index (χ1n) is 5.15. The molecule has 0 heterocycles. The Balaban J connectivity index is 4.37. The molecule has 1 N–H and O–H groups in total. The van der Waals surface area contributed by atoms with Crippen LogP contribution in [0, 0.1) is 17.4 Å². The fourth-order valence-electron chi connectivity index (χ4n) is 0.818. The molecule has 0 aromatic carbocycles. The van der Waals surface area contributed by atoms with Crippen LogP contribution < -0.4 is 0 Å². The highest BCUT2D eigenvalue weighted by atomic mass is 28.3. The summed E-state index contributed by atoms with van der Waals surface area (Å²) < 4.78 is 4.80. The molecule has 0 aromatic heterocycles. The molecule has 15 heavy (non-hydrogen) atoms. The maximum absolute atomic E-state index is 11.3. The number of hydrogen-bond donors (Lipinski definition) is 1. The number of rotatable bonds is 3. The molecule has 0 aromatic rings. The van der Waals surface area contributed by atoms with Crippen LogP contribution in [0.4, 0.5) is 0 Å². The maximum Gasteiger partial charge on any atom is 0.312 e. The zero-order valence-corrected chi connectivity index (χ0v) is 11.1. The van der Waals surface area contributed by atoms with Crippen LogP contribution in [0.1, 0.15) is 13.8 Å². The van der Waals surface area contributed by atoms with Gasteiger partial charge in [-0.25, -0.2) is 0 Å². The van der Waals surface area contributed by atoms with Crippen molar-refractivity contribution in [1.29, 1.82) is 0 Å². The van der Waals surface area contributed by atoms with Crippen LogP contribution in [-0.4, -0.2) is 31.9 Å². The van der Waals surface area contributed by atoms with E-state index in [4.69, 9.17) is 4.74 Å². The lowest BCUT2D eigenvalue weighted by Gasteiger charge is -2.13. The molecule has 4 heteroatoms. The third-order valence-electron chi connectivity index (χ3n) is 1.73. The Kier molecular flexibility index (Phi) is 5.62. The minimum atomic E-state index is -1.49. The first-order valence-corrected chi connectivity index (χ1v) is 8.65. The average molecular weight is 228 g/mol. The lowest BCUT2D eigenvalue weighted by molar-refractivity contribution is -0.149. The summed E-state index contributed by atoms with van der Waals surface area (Å²) in [6, 6.07) is 0. The Bertz CT molecular complexity index is 270. The van der Waals surface area contributed by atoms with Crippen molar-refractivity contribution < 1.29 is 14.6 Å². The summed E-state index contributed by atoms with van der Waals surface area (Å²) in [5.74, 6) is 1.76. The van der Waals surface area contributed by atoms with E-state index in [0.29, 0.717) is 6.61 Å². The van der Waals surface area contributed by atoms with E-state index in [1.807, 2.05) is 0 Å². The third kappa shape index (κ3) is 6.31. The molecule has 2 atom stereocenters. The Hall–Kier alpha value is -0.793. The van der Waals surface area contributed by atoms with Crippen molar-refractivity contribution in [3.63, 3.8) is 0 Å². The van der Waals surface area contributed by atoms with Crippen molar-refractivity contribution in [3.05, 3.63) is 0 Å². The molecule has 0 bridgehead atoms. The van der Waals surface area contributed by atoms with E-state index in [1.54, 1.807) is 13.8 Å². The van der Waals surface area contributed by atoms with E-state index in [1.165, 1.54) is 0 Å². The van der Waals surface area contributed by atoms with E-state index >= 15 is 0 Å². The number of carbonyl (C=O) groups excluding carboxylic acids is 1. The van der Waals surface area contributed by atoms with Crippen molar-refractivity contribution in [2.75, 3.05) is 6.61 Å². The lowest BCUT2D eigenvalue weighted by atomic mass is 10.1. The van der Waals surface area contributed by atoms with Crippen LogP contribution in [0.2, 0.25) is 19.6 Å². The molecule has 86 valence electrons. The molecule has 0 fully saturated rings. The predicted octanol–water partition coefficient (Wildman–Crippen LogP) is 1.43. The molecule has 0 radical (unpaired) electrons. The number of aliphatic hydroxyl groups excluding tert-OH is 1. The van der Waals surface area contributed by atoms with Crippen molar-refractivity contribution in [2.24, 2.45) is 5.92 Å². The van der Waals surface area contributed by atoms with Gasteiger partial charge in [0.2, 0.25) is 0 Å². The van der Waals surface area contributed by atoms with Gasteiger partial charge in [-0.15, -0.1) is 5.54 Å². The molecular weight excluding hydrogens is 208 g/mol. The van der Waals surface area contributed by atoms with E-state index in [2.05, 4.69) is 31.1 Å². The van der Waals surface area contributed by atoms with Gasteiger partial charge < -0.3 is 9.84 Å². The molecule has 0 unspecified atom stereocenters. The zero-order valence-electron chi connectivity index (χ0n) is 10.1. The molecule has 0 aliphatic heterocycles. The van der Waals surface area contributed by atoms with Gasteiger partial charge in [0.25, 0.3) is 0 Å². The lowest BCUT2D eigenvalue weighted by Crippen LogP contribution is -2.27. The van der Waals surface area contributed by atoms with Gasteiger partial charge in [0, 0.05) is 0 Å². The smallest absolute Gasteiger partial charge is 0.312 e. The number of ether oxygens (including phenoxy) is 1. The first-order chi connectivity index (χ1) is 6.78. The van der Waals surface area contributed by atoms with Gasteiger partial charge >= 0.3 is 5.97 Å². The van der Waals surface area contributed by atoms with Crippen LogP contribution in [0.25, 0.3) is 0 Å². The summed E-state index contributed by atoms with van der Waals surface area (Å²) in [6.45, 7) is 9.95. The third-order valence-corrected chi connectivity index (χ3v) is 2.62. The molecule has 0 saturated carbocycles. The standard InChI is InChI=1S/C11H20O3Si/c1-6-14-11(13)9(2)10(12)7-8-15(3,4)5/h9-10,12H,6H2,1-5H3/t9-,10-/m0/s1. The van der Waals surface area contributed by atoms with Crippen LogP contribution in [0.15, 0.2) is 0 Å². The normalized spacial score (nSPS) is 14.8. The second kappa shape index (κ2) is 5.94. The van der Waals surface area contributed by atoms with Gasteiger partial charge in [-0.3, -0.25) is 4.79 Å². The SMILES string of the molecule is CCOC(=O)[C@@H](C)[C@@H](O)C#C[Si](C)(C)C.